The van der Waals surface area contributed by atoms with E-state index < -0.39 is 0 Å². The number of phenolic OH excluding ortho intramolecular Hbond substituents is 2. The van der Waals surface area contributed by atoms with Gasteiger partial charge in [0.2, 0.25) is 0 Å². The summed E-state index contributed by atoms with van der Waals surface area (Å²) >= 11 is 0. The van der Waals surface area contributed by atoms with E-state index >= 15 is 0 Å². The van der Waals surface area contributed by atoms with Gasteiger partial charge >= 0.3 is 0 Å². The molecule has 0 spiro atoms. The average molecular weight is 527 g/mol. The molecule has 38 heavy (non-hydrogen) atoms. The maximum Gasteiger partial charge on any atom is 0.123 e. The van der Waals surface area contributed by atoms with Crippen LogP contribution in [0.2, 0.25) is 0 Å². The summed E-state index contributed by atoms with van der Waals surface area (Å²) in [5, 5.41) is 21.2. The first-order valence-electron chi connectivity index (χ1n) is 13.9. The van der Waals surface area contributed by atoms with E-state index in [1.54, 1.807) is 0 Å². The maximum absolute atomic E-state index is 10.6. The maximum atomic E-state index is 10.6. The van der Waals surface area contributed by atoms with Crippen LogP contribution in [0.15, 0.2) is 24.3 Å². The number of aromatic hydroxyl groups is 2. The molecule has 216 valence electrons. The summed E-state index contributed by atoms with van der Waals surface area (Å²) in [7, 11) is 8.28. The first kappa shape index (κ1) is 34.0. The van der Waals surface area contributed by atoms with E-state index in [-0.39, 0.29) is 21.7 Å². The lowest BCUT2D eigenvalue weighted by atomic mass is 9.78. The van der Waals surface area contributed by atoms with Crippen LogP contribution in [0.1, 0.15) is 116 Å². The van der Waals surface area contributed by atoms with E-state index in [4.69, 9.17) is 0 Å². The second-order valence-corrected chi connectivity index (χ2v) is 15.6. The summed E-state index contributed by atoms with van der Waals surface area (Å²) in [6.45, 7) is 27.6. The van der Waals surface area contributed by atoms with E-state index in [1.165, 1.54) is 11.1 Å². The zero-order chi connectivity index (χ0) is 30.0. The zero-order valence-electron chi connectivity index (χ0n) is 27.5. The zero-order valence-corrected chi connectivity index (χ0v) is 27.5. The van der Waals surface area contributed by atoms with Crippen LogP contribution >= 0.6 is 0 Å². The molecule has 0 amide bonds. The molecule has 2 N–H and O–H groups in total. The topological polar surface area (TPSA) is 46.9 Å². The van der Waals surface area contributed by atoms with E-state index in [9.17, 15) is 10.2 Å². The molecule has 2 aromatic rings. The Kier molecular flexibility index (Phi) is 10.7. The first-order chi connectivity index (χ1) is 16.9. The molecule has 4 nitrogen and oxygen atoms in total. The van der Waals surface area contributed by atoms with Gasteiger partial charge in [-0.25, -0.2) is 0 Å². The highest BCUT2D eigenvalue weighted by Gasteiger charge is 2.27. The van der Waals surface area contributed by atoms with Crippen molar-refractivity contribution in [2.24, 2.45) is 0 Å². The molecule has 0 aromatic heterocycles. The standard InChI is InChI=1S/2C17H29NO/c2*1-16(2,3)13-9-12(11-18(7)8)10-14(15(13)19)17(4,5)6/h2*9-10,19H,11H2,1-8H3. The minimum absolute atomic E-state index is 0.0492. The molecule has 0 aliphatic rings. The van der Waals surface area contributed by atoms with Crippen LogP contribution in [0.4, 0.5) is 0 Å². The lowest BCUT2D eigenvalue weighted by molar-refractivity contribution is 0.395. The Balaban J connectivity index is 0.000000380. The second kappa shape index (κ2) is 12.0. The molecule has 2 aromatic carbocycles. The molecule has 0 radical (unpaired) electrons. The predicted molar refractivity (Wildman–Crippen MR) is 166 cm³/mol. The van der Waals surface area contributed by atoms with Gasteiger partial charge in [0.25, 0.3) is 0 Å². The summed E-state index contributed by atoms with van der Waals surface area (Å²) < 4.78 is 0. The third-order valence-corrected chi connectivity index (χ3v) is 6.57. The third-order valence-electron chi connectivity index (χ3n) is 6.57. The Bertz CT molecular complexity index is 912. The highest BCUT2D eigenvalue weighted by Crippen LogP contribution is 2.41. The third kappa shape index (κ3) is 9.61. The Labute approximate surface area is 235 Å². The van der Waals surface area contributed by atoms with Crippen LogP contribution in [0.25, 0.3) is 0 Å². The van der Waals surface area contributed by atoms with Crippen molar-refractivity contribution in [3.8, 4) is 11.5 Å². The van der Waals surface area contributed by atoms with Crippen molar-refractivity contribution in [1.29, 1.82) is 0 Å². The minimum Gasteiger partial charge on any atom is -0.507 e. The van der Waals surface area contributed by atoms with Crippen LogP contribution in [0.5, 0.6) is 11.5 Å². The largest absolute Gasteiger partial charge is 0.507 e. The fourth-order valence-corrected chi connectivity index (χ4v) is 4.59. The van der Waals surface area contributed by atoms with Crippen molar-refractivity contribution in [1.82, 2.24) is 9.80 Å². The monoisotopic (exact) mass is 526 g/mol. The number of nitrogens with zero attached hydrogens (tertiary/aromatic N) is 2. The highest BCUT2D eigenvalue weighted by atomic mass is 16.3. The van der Waals surface area contributed by atoms with Crippen LogP contribution < -0.4 is 0 Å². The molecule has 4 heteroatoms. The van der Waals surface area contributed by atoms with Gasteiger partial charge in [-0.2, -0.15) is 0 Å². The van der Waals surface area contributed by atoms with Crippen LogP contribution in [0, 0.1) is 0 Å². The Morgan fingerprint density at radius 1 is 0.447 bits per heavy atom. The Hall–Kier alpha value is -2.04. The quantitative estimate of drug-likeness (QED) is 0.422. The summed E-state index contributed by atoms with van der Waals surface area (Å²) in [5.74, 6) is 0.921. The normalized spacial score (nSPS) is 13.1. The fraction of sp³-hybridized carbons (Fsp3) is 0.647. The highest BCUT2D eigenvalue weighted by molar-refractivity contribution is 5.51. The molecule has 0 aliphatic carbocycles. The minimum atomic E-state index is -0.0492. The van der Waals surface area contributed by atoms with E-state index in [0.717, 1.165) is 35.3 Å². The lowest BCUT2D eigenvalue weighted by Crippen LogP contribution is -2.19. The molecule has 0 saturated heterocycles. The summed E-state index contributed by atoms with van der Waals surface area (Å²) in [6, 6.07) is 8.57. The van der Waals surface area contributed by atoms with Crippen molar-refractivity contribution in [3.63, 3.8) is 0 Å². The molecule has 0 saturated carbocycles. The van der Waals surface area contributed by atoms with Gasteiger partial charge in [0.05, 0.1) is 0 Å². The Morgan fingerprint density at radius 2 is 0.632 bits per heavy atom. The molecular formula is C34H58N2O2. The molecule has 2 rings (SSSR count). The average Bonchev–Trinajstić information content (AvgIpc) is 2.66. The van der Waals surface area contributed by atoms with E-state index in [2.05, 4.69) is 145 Å². The van der Waals surface area contributed by atoms with Crippen LogP contribution in [-0.2, 0) is 34.7 Å². The van der Waals surface area contributed by atoms with Gasteiger partial charge in [-0.05, 0) is 83.2 Å². The molecule has 0 heterocycles. The molecule has 0 aliphatic heterocycles. The smallest absolute Gasteiger partial charge is 0.123 e. The number of benzene rings is 2. The van der Waals surface area contributed by atoms with E-state index in [1.807, 2.05) is 0 Å². The first-order valence-corrected chi connectivity index (χ1v) is 13.9. The second-order valence-electron chi connectivity index (χ2n) is 15.6. The van der Waals surface area contributed by atoms with Crippen molar-refractivity contribution in [3.05, 3.63) is 57.6 Å². The number of phenols is 2. The SMILES string of the molecule is CN(C)Cc1cc(C(C)(C)C)c(O)c(C(C)(C)C)c1.CN(C)Cc1cc(C(C)(C)C)c(O)c(C(C)(C)C)c1. The Morgan fingerprint density at radius 3 is 0.763 bits per heavy atom. The van der Waals surface area contributed by atoms with Crippen molar-refractivity contribution < 1.29 is 10.2 Å². The van der Waals surface area contributed by atoms with Gasteiger partial charge in [0.15, 0.2) is 0 Å². The van der Waals surface area contributed by atoms with Gasteiger partial charge in [-0.3, -0.25) is 0 Å². The van der Waals surface area contributed by atoms with Gasteiger partial charge in [-0.1, -0.05) is 107 Å². The van der Waals surface area contributed by atoms with Gasteiger partial charge < -0.3 is 20.0 Å². The molecule has 0 unspecified atom stereocenters. The van der Waals surface area contributed by atoms with E-state index in [0.29, 0.717) is 11.5 Å². The van der Waals surface area contributed by atoms with Crippen molar-refractivity contribution in [2.75, 3.05) is 28.2 Å². The number of hydrogen-bond acceptors (Lipinski definition) is 4. The van der Waals surface area contributed by atoms with Crippen molar-refractivity contribution in [2.45, 2.75) is 118 Å². The lowest BCUT2D eigenvalue weighted by Gasteiger charge is -2.28. The van der Waals surface area contributed by atoms with Gasteiger partial charge in [-0.15, -0.1) is 0 Å². The van der Waals surface area contributed by atoms with Crippen molar-refractivity contribution >= 4 is 0 Å². The van der Waals surface area contributed by atoms with Crippen LogP contribution in [0.3, 0.4) is 0 Å². The molecule has 0 bridgehead atoms. The summed E-state index contributed by atoms with van der Waals surface area (Å²) in [4.78, 5) is 4.32. The molecule has 0 atom stereocenters. The predicted octanol–water partition coefficient (Wildman–Crippen LogP) is 8.10. The number of hydrogen-bond donors (Lipinski definition) is 2. The van der Waals surface area contributed by atoms with Gasteiger partial charge in [0.1, 0.15) is 11.5 Å². The van der Waals surface area contributed by atoms with Gasteiger partial charge in [0, 0.05) is 13.1 Å². The summed E-state index contributed by atoms with van der Waals surface area (Å²) in [6.07, 6.45) is 0. The molecular weight excluding hydrogens is 468 g/mol. The van der Waals surface area contributed by atoms with Crippen LogP contribution in [-0.4, -0.2) is 48.2 Å². The summed E-state index contributed by atoms with van der Waals surface area (Å²) in [5.41, 5.74) is 6.48. The fourth-order valence-electron chi connectivity index (χ4n) is 4.59. The molecule has 0 fully saturated rings. The number of rotatable bonds is 4.